The number of aromatic nitrogens is 3. The predicted molar refractivity (Wildman–Crippen MR) is 132 cm³/mol. The van der Waals surface area contributed by atoms with Crippen LogP contribution in [0.3, 0.4) is 0 Å². The van der Waals surface area contributed by atoms with Crippen LogP contribution in [0.2, 0.25) is 0 Å². The van der Waals surface area contributed by atoms with Crippen LogP contribution in [0.15, 0.2) is 30.0 Å². The molecule has 2 aromatic rings. The lowest BCUT2D eigenvalue weighted by Gasteiger charge is -2.57. The van der Waals surface area contributed by atoms with Crippen molar-refractivity contribution in [3.05, 3.63) is 35.7 Å². The lowest BCUT2D eigenvalue weighted by Crippen LogP contribution is -2.50. The molecule has 1 aliphatic heterocycles. The van der Waals surface area contributed by atoms with Crippen LogP contribution in [-0.4, -0.2) is 51.8 Å². The molecule has 2 fully saturated rings. The van der Waals surface area contributed by atoms with Crippen LogP contribution in [0.25, 0.3) is 11.0 Å². The van der Waals surface area contributed by atoms with E-state index in [-0.39, 0.29) is 5.91 Å². The first-order valence-corrected chi connectivity index (χ1v) is 13.0. The van der Waals surface area contributed by atoms with Gasteiger partial charge in [-0.1, -0.05) is 32.4 Å². The third-order valence-electron chi connectivity index (χ3n) is 8.62. The van der Waals surface area contributed by atoms with Crippen molar-refractivity contribution in [2.45, 2.75) is 71.8 Å². The van der Waals surface area contributed by atoms with E-state index in [0.29, 0.717) is 30.8 Å². The minimum absolute atomic E-state index is 0.114. The molecule has 0 unspecified atom stereocenters. The van der Waals surface area contributed by atoms with Crippen LogP contribution in [-0.2, 0) is 11.3 Å². The summed E-state index contributed by atoms with van der Waals surface area (Å²) >= 11 is 0. The fraction of sp³-hybridized carbons (Fsp3) is 0.667. The summed E-state index contributed by atoms with van der Waals surface area (Å²) in [6.45, 7) is 11.6. The lowest BCUT2D eigenvalue weighted by atomic mass is 9.49. The van der Waals surface area contributed by atoms with Gasteiger partial charge in [0.05, 0.1) is 12.2 Å². The second kappa shape index (κ2) is 9.21. The molecular weight excluding hydrogens is 410 g/mol. The van der Waals surface area contributed by atoms with E-state index in [1.165, 1.54) is 23.9 Å². The average molecular weight is 450 g/mol. The summed E-state index contributed by atoms with van der Waals surface area (Å²) in [7, 11) is 0. The van der Waals surface area contributed by atoms with Gasteiger partial charge >= 0.3 is 0 Å². The Labute approximate surface area is 197 Å². The van der Waals surface area contributed by atoms with Crippen molar-refractivity contribution in [3.8, 4) is 0 Å². The molecule has 1 saturated carbocycles. The maximum absolute atomic E-state index is 11.8. The molecule has 2 atom stereocenters. The maximum atomic E-state index is 11.8. The molecule has 1 N–H and O–H groups in total. The van der Waals surface area contributed by atoms with Gasteiger partial charge in [-0.15, -0.1) is 0 Å². The van der Waals surface area contributed by atoms with Gasteiger partial charge in [-0.3, -0.25) is 9.69 Å². The summed E-state index contributed by atoms with van der Waals surface area (Å²) in [5.41, 5.74) is 4.34. The van der Waals surface area contributed by atoms with E-state index >= 15 is 0 Å². The van der Waals surface area contributed by atoms with Crippen molar-refractivity contribution in [1.29, 1.82) is 0 Å². The minimum atomic E-state index is 0.114. The standard InChI is InChI=1S/C27H39N5O/c1-4-6-24(33)28-13-16-32-26-22(7-5-12-29-26)25(30-32)19-10-14-31(15-11-19)18-20-8-9-21-17-23(20)27(21,2)3/h5,7-8,12,19,21,23H,4,6,9-11,13-18H2,1-3H3,(H,28,33)/t21-,23-/m0/s1. The van der Waals surface area contributed by atoms with Gasteiger partial charge in [0.2, 0.25) is 5.91 Å². The number of nitrogens with zero attached hydrogens (tertiary/aromatic N) is 4. The summed E-state index contributed by atoms with van der Waals surface area (Å²) in [6, 6.07) is 4.17. The molecule has 3 aliphatic carbocycles. The Morgan fingerprint density at radius 1 is 1.27 bits per heavy atom. The molecule has 4 aliphatic rings. The zero-order chi connectivity index (χ0) is 23.0. The number of allylic oxidation sites excluding steroid dienone is 1. The number of hydrogen-bond acceptors (Lipinski definition) is 4. The molecular formula is C27H39N5O. The van der Waals surface area contributed by atoms with Crippen molar-refractivity contribution in [1.82, 2.24) is 25.0 Å². The largest absolute Gasteiger partial charge is 0.354 e. The highest BCUT2D eigenvalue weighted by atomic mass is 16.1. The number of piperidine rings is 1. The Bertz CT molecular complexity index is 1030. The lowest BCUT2D eigenvalue weighted by molar-refractivity contribution is -0.121. The van der Waals surface area contributed by atoms with Gasteiger partial charge in [0, 0.05) is 37.0 Å². The van der Waals surface area contributed by atoms with E-state index in [2.05, 4.69) is 41.2 Å². The summed E-state index contributed by atoms with van der Waals surface area (Å²) in [5.74, 6) is 2.31. The van der Waals surface area contributed by atoms with Gasteiger partial charge in [-0.25, -0.2) is 9.67 Å². The Kier molecular flexibility index (Phi) is 6.30. The highest BCUT2D eigenvalue weighted by Gasteiger charge is 2.51. The van der Waals surface area contributed by atoms with E-state index in [9.17, 15) is 4.79 Å². The zero-order valence-electron chi connectivity index (χ0n) is 20.5. The van der Waals surface area contributed by atoms with Crippen molar-refractivity contribution in [3.63, 3.8) is 0 Å². The smallest absolute Gasteiger partial charge is 0.220 e. The zero-order valence-corrected chi connectivity index (χ0v) is 20.5. The first-order chi connectivity index (χ1) is 16.0. The van der Waals surface area contributed by atoms with Gasteiger partial charge in [0.25, 0.3) is 0 Å². The predicted octanol–water partition coefficient (Wildman–Crippen LogP) is 4.52. The monoisotopic (exact) mass is 449 g/mol. The Morgan fingerprint density at radius 3 is 2.82 bits per heavy atom. The number of fused-ring (bicyclic) bond motifs is 2. The molecule has 6 heteroatoms. The quantitative estimate of drug-likeness (QED) is 0.602. The first kappa shape index (κ1) is 22.6. The van der Waals surface area contributed by atoms with Gasteiger partial charge in [-0.2, -0.15) is 5.10 Å². The van der Waals surface area contributed by atoms with Crippen LogP contribution < -0.4 is 5.32 Å². The highest BCUT2D eigenvalue weighted by molar-refractivity contribution is 5.79. The molecule has 0 aromatic carbocycles. The average Bonchev–Trinajstić information content (AvgIpc) is 3.18. The number of nitrogens with one attached hydrogen (secondary N) is 1. The molecule has 178 valence electrons. The Morgan fingerprint density at radius 2 is 2.09 bits per heavy atom. The molecule has 0 radical (unpaired) electrons. The molecule has 1 saturated heterocycles. The molecule has 0 spiro atoms. The first-order valence-electron chi connectivity index (χ1n) is 13.0. The Balaban J connectivity index is 1.22. The highest BCUT2D eigenvalue weighted by Crippen LogP contribution is 2.59. The van der Waals surface area contributed by atoms with E-state index in [0.717, 1.165) is 56.4 Å². The second-order valence-electron chi connectivity index (χ2n) is 11.0. The Hall–Kier alpha value is -2.21. The van der Waals surface area contributed by atoms with Crippen LogP contribution in [0.1, 0.15) is 70.9 Å². The van der Waals surface area contributed by atoms with Gasteiger partial charge in [0.1, 0.15) is 0 Å². The summed E-state index contributed by atoms with van der Waals surface area (Å²) in [6.07, 6.45) is 10.8. The van der Waals surface area contributed by atoms with Crippen molar-refractivity contribution >= 4 is 16.9 Å². The molecule has 1 amide bonds. The van der Waals surface area contributed by atoms with E-state index in [4.69, 9.17) is 5.10 Å². The third kappa shape index (κ3) is 4.34. The van der Waals surface area contributed by atoms with E-state index < -0.39 is 0 Å². The van der Waals surface area contributed by atoms with Crippen LogP contribution in [0.5, 0.6) is 0 Å². The van der Waals surface area contributed by atoms with Crippen molar-refractivity contribution in [2.24, 2.45) is 17.3 Å². The van der Waals surface area contributed by atoms with E-state index in [1.807, 2.05) is 23.9 Å². The molecule has 33 heavy (non-hydrogen) atoms. The topological polar surface area (TPSA) is 63.1 Å². The summed E-state index contributed by atoms with van der Waals surface area (Å²) < 4.78 is 1.99. The summed E-state index contributed by atoms with van der Waals surface area (Å²) in [4.78, 5) is 19.1. The maximum Gasteiger partial charge on any atom is 0.220 e. The number of rotatable bonds is 8. The van der Waals surface area contributed by atoms with Gasteiger partial charge < -0.3 is 5.32 Å². The van der Waals surface area contributed by atoms with Crippen LogP contribution in [0.4, 0.5) is 0 Å². The molecule has 3 heterocycles. The second-order valence-corrected chi connectivity index (χ2v) is 11.0. The van der Waals surface area contributed by atoms with Gasteiger partial charge in [-0.05, 0) is 74.6 Å². The number of carbonyl (C=O) groups is 1. The third-order valence-corrected chi connectivity index (χ3v) is 8.62. The fourth-order valence-electron chi connectivity index (χ4n) is 6.39. The van der Waals surface area contributed by atoms with Crippen LogP contribution in [0, 0.1) is 17.3 Å². The SMILES string of the molecule is CCCC(=O)NCCn1nc(C2CCN(CC3=CC[C@H]4C[C@@H]3C4(C)C)CC2)c2cccnc21. The minimum Gasteiger partial charge on any atom is -0.354 e. The number of amides is 1. The molecule has 6 rings (SSSR count). The molecule has 2 aromatic heterocycles. The summed E-state index contributed by atoms with van der Waals surface area (Å²) in [5, 5.41) is 9.18. The normalized spacial score (nSPS) is 25.0. The fourth-order valence-corrected chi connectivity index (χ4v) is 6.39. The number of carbonyl (C=O) groups excluding carboxylic acids is 1. The van der Waals surface area contributed by atoms with Gasteiger partial charge in [0.15, 0.2) is 5.65 Å². The van der Waals surface area contributed by atoms with Crippen molar-refractivity contribution in [2.75, 3.05) is 26.2 Å². The number of hydrogen-bond donors (Lipinski definition) is 1. The van der Waals surface area contributed by atoms with E-state index in [1.54, 1.807) is 5.57 Å². The molecule has 6 nitrogen and oxygen atoms in total. The molecule has 2 bridgehead atoms. The van der Waals surface area contributed by atoms with Crippen LogP contribution >= 0.6 is 0 Å². The van der Waals surface area contributed by atoms with Crippen molar-refractivity contribution < 1.29 is 4.79 Å². The number of likely N-dealkylation sites (tertiary alicyclic amines) is 1. The number of pyridine rings is 1.